The first-order valence-electron chi connectivity index (χ1n) is 7.02. The van der Waals surface area contributed by atoms with Gasteiger partial charge in [0.1, 0.15) is 0 Å². The normalized spacial score (nSPS) is 10.8. The number of hydrogen-bond acceptors (Lipinski definition) is 1. The van der Waals surface area contributed by atoms with Crippen molar-refractivity contribution in [2.45, 2.75) is 12.3 Å². The zero-order valence-electron chi connectivity index (χ0n) is 11.6. The molecule has 3 rings (SSSR count). The van der Waals surface area contributed by atoms with Crippen molar-refractivity contribution in [2.24, 2.45) is 0 Å². The van der Waals surface area contributed by atoms with Gasteiger partial charge in [-0.2, -0.15) is 0 Å². The fourth-order valence-electron chi connectivity index (χ4n) is 2.60. The second-order valence-corrected chi connectivity index (χ2v) is 5.53. The van der Waals surface area contributed by atoms with Crippen LogP contribution in [0.4, 0.5) is 0 Å². The molecule has 2 heteroatoms. The molecule has 0 saturated carbocycles. The third-order valence-corrected chi connectivity index (χ3v) is 3.81. The van der Waals surface area contributed by atoms with Gasteiger partial charge < -0.3 is 0 Å². The summed E-state index contributed by atoms with van der Waals surface area (Å²) in [7, 11) is 0. The average Bonchev–Trinajstić information content (AvgIpc) is 2.54. The van der Waals surface area contributed by atoms with Crippen molar-refractivity contribution >= 4 is 11.6 Å². The van der Waals surface area contributed by atoms with Crippen molar-refractivity contribution in [3.63, 3.8) is 0 Å². The average molecular weight is 294 g/mol. The molecule has 0 aliphatic carbocycles. The van der Waals surface area contributed by atoms with Gasteiger partial charge in [-0.3, -0.25) is 4.98 Å². The zero-order chi connectivity index (χ0) is 14.5. The molecule has 1 heterocycles. The smallest absolute Gasteiger partial charge is 0.0592 e. The van der Waals surface area contributed by atoms with E-state index in [4.69, 9.17) is 11.6 Å². The van der Waals surface area contributed by atoms with Crippen LogP contribution >= 0.6 is 11.6 Å². The van der Waals surface area contributed by atoms with Crippen molar-refractivity contribution in [3.8, 4) is 0 Å². The van der Waals surface area contributed by atoms with Gasteiger partial charge in [0.05, 0.1) is 5.02 Å². The van der Waals surface area contributed by atoms with Gasteiger partial charge in [-0.15, -0.1) is 0 Å². The predicted molar refractivity (Wildman–Crippen MR) is 87.7 cm³/mol. The molecule has 0 aliphatic rings. The predicted octanol–water partition coefficient (Wildman–Crippen LogP) is 5.11. The van der Waals surface area contributed by atoms with E-state index in [1.807, 2.05) is 24.4 Å². The Morgan fingerprint density at radius 3 is 1.90 bits per heavy atom. The molecule has 2 aromatic carbocycles. The number of rotatable bonds is 4. The van der Waals surface area contributed by atoms with Crippen LogP contribution < -0.4 is 0 Å². The third-order valence-electron chi connectivity index (χ3n) is 3.61. The first-order valence-corrected chi connectivity index (χ1v) is 7.40. The number of aromatic nitrogens is 1. The first-order chi connectivity index (χ1) is 10.3. The van der Waals surface area contributed by atoms with Gasteiger partial charge in [0, 0.05) is 18.3 Å². The third kappa shape index (κ3) is 3.50. The van der Waals surface area contributed by atoms with Crippen LogP contribution in [0.5, 0.6) is 0 Å². The number of benzene rings is 2. The minimum atomic E-state index is 0.313. The standard InChI is InChI=1S/C19H16ClN/c20-18-11-15(13-21-14-18)12-19(16-7-3-1-4-8-16)17-9-5-2-6-10-17/h1-11,13-14,19H,12H2. The summed E-state index contributed by atoms with van der Waals surface area (Å²) in [6.45, 7) is 0. The molecule has 3 aromatic rings. The fourth-order valence-corrected chi connectivity index (χ4v) is 2.80. The van der Waals surface area contributed by atoms with E-state index < -0.39 is 0 Å². The highest BCUT2D eigenvalue weighted by molar-refractivity contribution is 6.30. The van der Waals surface area contributed by atoms with E-state index in [1.54, 1.807) is 6.20 Å². The maximum Gasteiger partial charge on any atom is 0.0592 e. The molecule has 0 spiro atoms. The monoisotopic (exact) mass is 293 g/mol. The van der Waals surface area contributed by atoms with E-state index in [-0.39, 0.29) is 0 Å². The van der Waals surface area contributed by atoms with Gasteiger partial charge in [-0.1, -0.05) is 72.3 Å². The molecule has 1 aromatic heterocycles. The Bertz CT molecular complexity index is 656. The van der Waals surface area contributed by atoms with Crippen molar-refractivity contribution in [1.82, 2.24) is 4.98 Å². The van der Waals surface area contributed by atoms with Gasteiger partial charge in [-0.05, 0) is 29.2 Å². The molecule has 0 aliphatic heterocycles. The summed E-state index contributed by atoms with van der Waals surface area (Å²) < 4.78 is 0. The van der Waals surface area contributed by atoms with E-state index in [9.17, 15) is 0 Å². The second kappa shape index (κ2) is 6.55. The molecule has 0 bridgehead atoms. The van der Waals surface area contributed by atoms with Crippen LogP contribution in [0.15, 0.2) is 79.1 Å². The van der Waals surface area contributed by atoms with Gasteiger partial charge in [-0.25, -0.2) is 0 Å². The minimum absolute atomic E-state index is 0.313. The Morgan fingerprint density at radius 1 is 0.810 bits per heavy atom. The number of nitrogens with zero attached hydrogens (tertiary/aromatic N) is 1. The molecule has 104 valence electrons. The molecule has 0 atom stereocenters. The van der Waals surface area contributed by atoms with E-state index in [2.05, 4.69) is 53.5 Å². The van der Waals surface area contributed by atoms with Crippen molar-refractivity contribution < 1.29 is 0 Å². The molecule has 0 unspecified atom stereocenters. The van der Waals surface area contributed by atoms with E-state index in [0.29, 0.717) is 10.9 Å². The molecule has 1 nitrogen and oxygen atoms in total. The Kier molecular flexibility index (Phi) is 4.32. The molecule has 0 saturated heterocycles. The molecular formula is C19H16ClN. The Morgan fingerprint density at radius 2 is 1.38 bits per heavy atom. The van der Waals surface area contributed by atoms with E-state index in [0.717, 1.165) is 12.0 Å². The van der Waals surface area contributed by atoms with Crippen LogP contribution in [-0.4, -0.2) is 4.98 Å². The summed E-state index contributed by atoms with van der Waals surface area (Å²) in [6, 6.07) is 23.1. The van der Waals surface area contributed by atoms with Gasteiger partial charge in [0.15, 0.2) is 0 Å². The lowest BCUT2D eigenvalue weighted by Crippen LogP contribution is -2.05. The Hall–Kier alpha value is -2.12. The lowest BCUT2D eigenvalue weighted by atomic mass is 9.86. The topological polar surface area (TPSA) is 12.9 Å². The molecular weight excluding hydrogens is 278 g/mol. The highest BCUT2D eigenvalue weighted by atomic mass is 35.5. The van der Waals surface area contributed by atoms with Gasteiger partial charge in [0.2, 0.25) is 0 Å². The highest BCUT2D eigenvalue weighted by Gasteiger charge is 2.14. The highest BCUT2D eigenvalue weighted by Crippen LogP contribution is 2.28. The largest absolute Gasteiger partial charge is 0.263 e. The number of pyridine rings is 1. The lowest BCUT2D eigenvalue weighted by molar-refractivity contribution is 0.801. The van der Waals surface area contributed by atoms with Gasteiger partial charge in [0.25, 0.3) is 0 Å². The quantitative estimate of drug-likeness (QED) is 0.651. The van der Waals surface area contributed by atoms with Crippen molar-refractivity contribution in [3.05, 3.63) is 101 Å². The summed E-state index contributed by atoms with van der Waals surface area (Å²) in [4.78, 5) is 4.19. The Labute approximate surface area is 130 Å². The Balaban J connectivity index is 1.97. The maximum atomic E-state index is 6.06. The van der Waals surface area contributed by atoms with Crippen LogP contribution in [-0.2, 0) is 6.42 Å². The van der Waals surface area contributed by atoms with E-state index >= 15 is 0 Å². The van der Waals surface area contributed by atoms with E-state index in [1.165, 1.54) is 11.1 Å². The second-order valence-electron chi connectivity index (χ2n) is 5.09. The lowest BCUT2D eigenvalue weighted by Gasteiger charge is -2.18. The van der Waals surface area contributed by atoms with Gasteiger partial charge >= 0.3 is 0 Å². The minimum Gasteiger partial charge on any atom is -0.263 e. The summed E-state index contributed by atoms with van der Waals surface area (Å²) in [5, 5.41) is 0.687. The molecule has 21 heavy (non-hydrogen) atoms. The van der Waals surface area contributed by atoms with Crippen LogP contribution in [0, 0.1) is 0 Å². The molecule has 0 N–H and O–H groups in total. The summed E-state index contributed by atoms with van der Waals surface area (Å²) in [5.41, 5.74) is 3.77. The number of halogens is 1. The summed E-state index contributed by atoms with van der Waals surface area (Å²) in [5.74, 6) is 0.313. The number of hydrogen-bond donors (Lipinski definition) is 0. The van der Waals surface area contributed by atoms with Crippen LogP contribution in [0.1, 0.15) is 22.6 Å². The molecule has 0 amide bonds. The summed E-state index contributed by atoms with van der Waals surface area (Å²) >= 11 is 6.06. The fraction of sp³-hybridized carbons (Fsp3) is 0.105. The van der Waals surface area contributed by atoms with Crippen LogP contribution in [0.2, 0.25) is 5.02 Å². The maximum absolute atomic E-state index is 6.06. The van der Waals surface area contributed by atoms with Crippen LogP contribution in [0.25, 0.3) is 0 Å². The molecule has 0 radical (unpaired) electrons. The summed E-state index contributed by atoms with van der Waals surface area (Å²) in [6.07, 6.45) is 4.46. The zero-order valence-corrected chi connectivity index (χ0v) is 12.4. The SMILES string of the molecule is Clc1cncc(CC(c2ccccc2)c2ccccc2)c1. The van der Waals surface area contributed by atoms with Crippen molar-refractivity contribution in [1.29, 1.82) is 0 Å². The van der Waals surface area contributed by atoms with Crippen LogP contribution in [0.3, 0.4) is 0 Å². The first kappa shape index (κ1) is 13.8. The molecule has 0 fully saturated rings. The van der Waals surface area contributed by atoms with Crippen molar-refractivity contribution in [2.75, 3.05) is 0 Å².